The van der Waals surface area contributed by atoms with Gasteiger partial charge < -0.3 is 28.2 Å². The van der Waals surface area contributed by atoms with Crippen LogP contribution in [0.5, 0.6) is 0 Å². The van der Waals surface area contributed by atoms with E-state index < -0.39 is 0 Å². The minimum Gasteiger partial charge on any atom is -1.00 e. The van der Waals surface area contributed by atoms with Crippen LogP contribution in [0.4, 0.5) is 0 Å². The van der Waals surface area contributed by atoms with Gasteiger partial charge >= 0.3 is 166 Å². The molecule has 0 aromatic rings. The molecule has 0 saturated heterocycles. The van der Waals surface area contributed by atoms with Gasteiger partial charge in [-0.05, 0) is 0 Å². The van der Waals surface area contributed by atoms with Crippen LogP contribution in [-0.2, 0) is 166 Å². The quantitative estimate of drug-likeness (QED) is 0.168. The summed E-state index contributed by atoms with van der Waals surface area (Å²) in [5.74, 6) is 0. The third-order valence-electron chi connectivity index (χ3n) is 0. The molecule has 0 aromatic carbocycles. The van der Waals surface area contributed by atoms with E-state index in [0.717, 1.165) is 0 Å². The predicted molar refractivity (Wildman–Crippen MR) is 0 cm³/mol. The Labute approximate surface area is 190 Å². The molecule has 12 heteroatoms. The summed E-state index contributed by atoms with van der Waals surface area (Å²) in [6.45, 7) is 0. The number of rotatable bonds is 0. The smallest absolute Gasteiger partial charge is 1.00 e. The third-order valence-corrected chi connectivity index (χ3v) is 0. The molecule has 0 rings (SSSR count). The Hall–Kier alpha value is 5.19. The fourth-order valence-corrected chi connectivity index (χ4v) is 0. The van der Waals surface area contributed by atoms with Crippen LogP contribution >= 0.6 is 0 Å². The first-order chi connectivity index (χ1) is 0. The molecule has 0 aromatic heterocycles. The summed E-state index contributed by atoms with van der Waals surface area (Å²) < 4.78 is 0. The maximum atomic E-state index is 0. The van der Waals surface area contributed by atoms with Crippen LogP contribution in [0.25, 0.3) is 0 Å². The van der Waals surface area contributed by atoms with Crippen LogP contribution < -0.4 is 28.2 Å². The first-order valence-corrected chi connectivity index (χ1v) is 0. The first kappa shape index (κ1) is 167. The summed E-state index contributed by atoms with van der Waals surface area (Å²) in [6.07, 6.45) is 0. The van der Waals surface area contributed by atoms with Crippen molar-refractivity contribution in [1.29, 1.82) is 0 Å². The van der Waals surface area contributed by atoms with E-state index in [0.29, 0.717) is 0 Å². The third kappa shape index (κ3) is 114. The maximum Gasteiger partial charge on any atom is 1.00 e. The SMILES string of the molecule is [F-].[F-].[F-].[F-].[F-].[F-].[Hg+].[Hg+].[Hg+].[Hg+].[Hg+].[Hg+]. The van der Waals surface area contributed by atoms with E-state index in [-0.39, 0.29) is 194 Å². The second-order valence-electron chi connectivity index (χ2n) is 0. The second kappa shape index (κ2) is 139. The number of hydrogen-bond acceptors (Lipinski definition) is 0. The topological polar surface area (TPSA) is 0 Å². The van der Waals surface area contributed by atoms with Gasteiger partial charge in [-0.25, -0.2) is 0 Å². The Kier molecular flexibility index (Phi) is 1930. The Bertz CT molecular complexity index is 12.0. The summed E-state index contributed by atoms with van der Waals surface area (Å²) in [6, 6.07) is 0. The van der Waals surface area contributed by atoms with Crippen LogP contribution in [0.1, 0.15) is 0 Å². The summed E-state index contributed by atoms with van der Waals surface area (Å²) in [4.78, 5) is 0. The van der Waals surface area contributed by atoms with Crippen molar-refractivity contribution in [2.75, 3.05) is 0 Å². The molecule has 0 spiro atoms. The van der Waals surface area contributed by atoms with Crippen molar-refractivity contribution in [3.8, 4) is 0 Å². The van der Waals surface area contributed by atoms with E-state index in [1.54, 1.807) is 0 Å². The maximum absolute atomic E-state index is 0. The molecule has 54 valence electrons. The Balaban J connectivity index is 0. The van der Waals surface area contributed by atoms with Crippen molar-refractivity contribution in [3.63, 3.8) is 0 Å². The largest absolute Gasteiger partial charge is 1.00 e. The van der Waals surface area contributed by atoms with Crippen molar-refractivity contribution in [2.45, 2.75) is 0 Å². The van der Waals surface area contributed by atoms with Gasteiger partial charge in [0.25, 0.3) is 0 Å². The summed E-state index contributed by atoms with van der Waals surface area (Å²) in [7, 11) is 0. The zero-order chi connectivity index (χ0) is 0. The van der Waals surface area contributed by atoms with Crippen LogP contribution in [-0.4, -0.2) is 0 Å². The van der Waals surface area contributed by atoms with E-state index in [9.17, 15) is 0 Å². The van der Waals surface area contributed by atoms with Gasteiger partial charge in [0.2, 0.25) is 0 Å². The monoisotopic (exact) mass is 1330 g/mol. The summed E-state index contributed by atoms with van der Waals surface area (Å²) in [5, 5.41) is 0. The molecule has 0 amide bonds. The van der Waals surface area contributed by atoms with Crippen molar-refractivity contribution in [1.82, 2.24) is 0 Å². The van der Waals surface area contributed by atoms with Crippen LogP contribution in [0.3, 0.4) is 0 Å². The minimum absolute atomic E-state index is 0. The Morgan fingerprint density at radius 3 is 0.167 bits per heavy atom. The number of halogens is 6. The zero-order valence-electron chi connectivity index (χ0n) is 6.51. The molecule has 0 N–H and O–H groups in total. The minimum atomic E-state index is 0. The molecule has 0 atom stereocenters. The molecule has 0 heterocycles. The van der Waals surface area contributed by atoms with Gasteiger partial charge in [0.05, 0.1) is 0 Å². The molecule has 0 bridgehead atoms. The van der Waals surface area contributed by atoms with Gasteiger partial charge in [0.1, 0.15) is 0 Å². The zero-order valence-corrected chi connectivity index (χ0v) is 39.5. The van der Waals surface area contributed by atoms with Gasteiger partial charge in [-0.15, -0.1) is 0 Å². The van der Waals surface area contributed by atoms with E-state index >= 15 is 0 Å². The molecule has 0 saturated carbocycles. The molecule has 0 nitrogen and oxygen atoms in total. The molecule has 0 unspecified atom stereocenters. The molecule has 0 aliphatic heterocycles. The molecule has 0 aliphatic rings. The molecule has 0 fully saturated rings. The summed E-state index contributed by atoms with van der Waals surface area (Å²) in [5.41, 5.74) is 0. The van der Waals surface area contributed by atoms with Gasteiger partial charge in [0, 0.05) is 0 Å². The second-order valence-corrected chi connectivity index (χ2v) is 0. The normalized spacial score (nSPS) is 0. The average molecular weight is 1320 g/mol. The van der Waals surface area contributed by atoms with Gasteiger partial charge in [-0.3, -0.25) is 0 Å². The molecule has 6 radical (unpaired) electrons. The first-order valence-electron chi connectivity index (χ1n) is 0. The van der Waals surface area contributed by atoms with Crippen molar-refractivity contribution in [2.24, 2.45) is 0 Å². The van der Waals surface area contributed by atoms with E-state index in [4.69, 9.17) is 0 Å². The predicted octanol–water partition coefficient (Wildman–Crippen LogP) is -18.0. The molecule has 0 aliphatic carbocycles. The van der Waals surface area contributed by atoms with E-state index in [1.807, 2.05) is 0 Å². The van der Waals surface area contributed by atoms with Gasteiger partial charge in [-0.2, -0.15) is 0 Å². The molecular formula is F6Hg6. The van der Waals surface area contributed by atoms with Crippen molar-refractivity contribution in [3.05, 3.63) is 0 Å². The number of hydrogen-bond donors (Lipinski definition) is 0. The van der Waals surface area contributed by atoms with Crippen LogP contribution in [0, 0.1) is 0 Å². The Morgan fingerprint density at radius 1 is 0.167 bits per heavy atom. The standard InChI is InChI=1S/6FH.6Hg/h6*1H;;;;;;/q;;;;;;6*+1/p-6. The molecule has 12 heavy (non-hydrogen) atoms. The van der Waals surface area contributed by atoms with Gasteiger partial charge in [-0.1, -0.05) is 0 Å². The summed E-state index contributed by atoms with van der Waals surface area (Å²) >= 11 is 0. The van der Waals surface area contributed by atoms with E-state index in [1.165, 1.54) is 0 Å². The van der Waals surface area contributed by atoms with Gasteiger partial charge in [0.15, 0.2) is 0 Å². The van der Waals surface area contributed by atoms with E-state index in [2.05, 4.69) is 0 Å². The Morgan fingerprint density at radius 2 is 0.167 bits per heavy atom. The van der Waals surface area contributed by atoms with Crippen molar-refractivity contribution < 1.29 is 194 Å². The van der Waals surface area contributed by atoms with Crippen molar-refractivity contribution >= 4 is 0 Å². The van der Waals surface area contributed by atoms with Crippen LogP contribution in [0.15, 0.2) is 0 Å². The fraction of sp³-hybridized carbons (Fsp3) is 0. The van der Waals surface area contributed by atoms with Crippen LogP contribution in [0.2, 0.25) is 0 Å². The fourth-order valence-electron chi connectivity index (χ4n) is 0. The average Bonchev–Trinajstić information content (AvgIpc) is 0. The molecular weight excluding hydrogens is 1320 g/mol.